The Bertz CT molecular complexity index is 1230. The highest BCUT2D eigenvalue weighted by Crippen LogP contribution is 2.28. The molecule has 0 radical (unpaired) electrons. The summed E-state index contributed by atoms with van der Waals surface area (Å²) < 4.78 is 1.83. The second-order valence-electron chi connectivity index (χ2n) is 7.88. The van der Waals surface area contributed by atoms with Crippen molar-refractivity contribution in [3.63, 3.8) is 0 Å². The highest BCUT2D eigenvalue weighted by atomic mass is 35.5. The van der Waals surface area contributed by atoms with E-state index in [2.05, 4.69) is 27.4 Å². The minimum absolute atomic E-state index is 0.00222. The molecule has 0 aliphatic heterocycles. The van der Waals surface area contributed by atoms with Crippen LogP contribution in [0, 0.1) is 5.92 Å². The van der Waals surface area contributed by atoms with Gasteiger partial charge in [0, 0.05) is 11.6 Å². The van der Waals surface area contributed by atoms with E-state index in [0.29, 0.717) is 43.8 Å². The summed E-state index contributed by atoms with van der Waals surface area (Å²) in [6, 6.07) is 11.2. The lowest BCUT2D eigenvalue weighted by molar-refractivity contribution is -0.113. The molecule has 1 heterocycles. The fourth-order valence-corrected chi connectivity index (χ4v) is 4.67. The third-order valence-corrected chi connectivity index (χ3v) is 6.79. The average molecular weight is 553 g/mol. The maximum atomic E-state index is 12.9. The fraction of sp³-hybridized carbons (Fsp3) is 0.250. The van der Waals surface area contributed by atoms with Crippen LogP contribution in [0.2, 0.25) is 15.1 Å². The molecule has 1 atom stereocenters. The molecule has 184 valence electrons. The van der Waals surface area contributed by atoms with Crippen molar-refractivity contribution in [2.45, 2.75) is 31.6 Å². The van der Waals surface area contributed by atoms with Crippen LogP contribution in [0.1, 0.15) is 36.1 Å². The van der Waals surface area contributed by atoms with E-state index in [9.17, 15) is 9.59 Å². The van der Waals surface area contributed by atoms with E-state index < -0.39 is 6.04 Å². The van der Waals surface area contributed by atoms with Gasteiger partial charge in [0.25, 0.3) is 5.91 Å². The topological polar surface area (TPSA) is 88.9 Å². The second-order valence-corrected chi connectivity index (χ2v) is 10.1. The van der Waals surface area contributed by atoms with Gasteiger partial charge in [0.1, 0.15) is 0 Å². The standard InChI is InChI=1S/C24H24Cl3N5O2S/c1-4-11-32-22(21(14(2)3)29-23(34)16-7-5-6-8-17(16)26)30-31-24(32)35-13-20(33)28-19-10-9-15(25)12-18(19)27/h4-10,12,14,21H,1,11,13H2,2-3H3,(H,28,33)(H,29,34)/t21-/m1/s1. The average Bonchev–Trinajstić information content (AvgIpc) is 3.20. The largest absolute Gasteiger partial charge is 0.342 e. The number of amides is 2. The summed E-state index contributed by atoms with van der Waals surface area (Å²) in [6.07, 6.45) is 1.71. The smallest absolute Gasteiger partial charge is 0.253 e. The molecule has 1 aromatic heterocycles. The quantitative estimate of drug-likeness (QED) is 0.228. The molecule has 0 saturated carbocycles. The first-order chi connectivity index (χ1) is 16.7. The van der Waals surface area contributed by atoms with Gasteiger partial charge < -0.3 is 15.2 Å². The molecule has 0 spiro atoms. The number of hydrogen-bond donors (Lipinski definition) is 2. The van der Waals surface area contributed by atoms with Gasteiger partial charge in [0.05, 0.1) is 33.1 Å². The molecule has 2 N–H and O–H groups in total. The Morgan fingerprint density at radius 1 is 1.11 bits per heavy atom. The highest BCUT2D eigenvalue weighted by molar-refractivity contribution is 7.99. The van der Waals surface area contributed by atoms with Gasteiger partial charge in [0.15, 0.2) is 11.0 Å². The number of nitrogens with one attached hydrogen (secondary N) is 2. The van der Waals surface area contributed by atoms with Crippen LogP contribution in [0.4, 0.5) is 5.69 Å². The predicted molar refractivity (Wildman–Crippen MR) is 143 cm³/mol. The molecular weight excluding hydrogens is 529 g/mol. The molecule has 2 aromatic carbocycles. The zero-order chi connectivity index (χ0) is 25.5. The first-order valence-electron chi connectivity index (χ1n) is 10.7. The minimum atomic E-state index is -0.442. The van der Waals surface area contributed by atoms with Crippen molar-refractivity contribution in [3.8, 4) is 0 Å². The number of hydrogen-bond acceptors (Lipinski definition) is 5. The Kier molecular flexibility index (Phi) is 9.63. The van der Waals surface area contributed by atoms with Crippen molar-refractivity contribution in [2.24, 2.45) is 5.92 Å². The van der Waals surface area contributed by atoms with Crippen LogP contribution in [0.5, 0.6) is 0 Å². The molecule has 0 saturated heterocycles. The Morgan fingerprint density at radius 2 is 1.86 bits per heavy atom. The van der Waals surface area contributed by atoms with Gasteiger partial charge in [-0.2, -0.15) is 0 Å². The van der Waals surface area contributed by atoms with E-state index in [4.69, 9.17) is 34.8 Å². The normalized spacial score (nSPS) is 11.8. The van der Waals surface area contributed by atoms with Crippen molar-refractivity contribution in [3.05, 3.63) is 81.6 Å². The van der Waals surface area contributed by atoms with Gasteiger partial charge in [-0.3, -0.25) is 9.59 Å². The fourth-order valence-electron chi connectivity index (χ4n) is 3.24. The Labute approximate surface area is 223 Å². The number of anilines is 1. The van der Waals surface area contributed by atoms with E-state index in [1.165, 1.54) is 11.8 Å². The highest BCUT2D eigenvalue weighted by Gasteiger charge is 2.27. The zero-order valence-corrected chi connectivity index (χ0v) is 22.2. The molecule has 3 aromatic rings. The number of carbonyl (C=O) groups is 2. The van der Waals surface area contributed by atoms with Gasteiger partial charge in [-0.25, -0.2) is 0 Å². The Morgan fingerprint density at radius 3 is 2.51 bits per heavy atom. The van der Waals surface area contributed by atoms with Crippen LogP contribution in [-0.4, -0.2) is 32.3 Å². The van der Waals surface area contributed by atoms with Gasteiger partial charge in [0.2, 0.25) is 5.91 Å². The lowest BCUT2D eigenvalue weighted by atomic mass is 10.0. The summed E-state index contributed by atoms with van der Waals surface area (Å²) in [4.78, 5) is 25.4. The van der Waals surface area contributed by atoms with Gasteiger partial charge in [-0.1, -0.05) is 78.6 Å². The van der Waals surface area contributed by atoms with Crippen LogP contribution in [0.15, 0.2) is 60.3 Å². The van der Waals surface area contributed by atoms with Gasteiger partial charge >= 0.3 is 0 Å². The number of halogens is 3. The molecular formula is C24H24Cl3N5O2S. The first kappa shape index (κ1) is 27.1. The molecule has 35 heavy (non-hydrogen) atoms. The number of rotatable bonds is 10. The van der Waals surface area contributed by atoms with Gasteiger partial charge in [-0.05, 0) is 36.2 Å². The molecule has 0 aliphatic rings. The number of aromatic nitrogens is 3. The maximum absolute atomic E-state index is 12.9. The molecule has 0 bridgehead atoms. The molecule has 3 rings (SSSR count). The van der Waals surface area contributed by atoms with E-state index in [0.717, 1.165) is 0 Å². The van der Waals surface area contributed by atoms with Crippen molar-refractivity contribution < 1.29 is 9.59 Å². The van der Waals surface area contributed by atoms with Crippen LogP contribution < -0.4 is 10.6 Å². The summed E-state index contributed by atoms with van der Waals surface area (Å²) in [6.45, 7) is 8.16. The maximum Gasteiger partial charge on any atom is 0.253 e. The monoisotopic (exact) mass is 551 g/mol. The van der Waals surface area contributed by atoms with Crippen molar-refractivity contribution in [2.75, 3.05) is 11.1 Å². The van der Waals surface area contributed by atoms with E-state index in [-0.39, 0.29) is 23.5 Å². The zero-order valence-electron chi connectivity index (χ0n) is 19.1. The van der Waals surface area contributed by atoms with E-state index in [1.807, 2.05) is 18.4 Å². The lowest BCUT2D eigenvalue weighted by Gasteiger charge is -2.23. The van der Waals surface area contributed by atoms with Crippen LogP contribution >= 0.6 is 46.6 Å². The number of benzene rings is 2. The number of allylic oxidation sites excluding steroid dienone is 1. The summed E-state index contributed by atoms with van der Waals surface area (Å²) >= 11 is 19.5. The molecule has 7 nitrogen and oxygen atoms in total. The number of carbonyl (C=O) groups excluding carboxylic acids is 2. The predicted octanol–water partition coefficient (Wildman–Crippen LogP) is 6.28. The van der Waals surface area contributed by atoms with Crippen molar-refractivity contribution in [1.29, 1.82) is 0 Å². The molecule has 11 heteroatoms. The lowest BCUT2D eigenvalue weighted by Crippen LogP contribution is -2.34. The second kappa shape index (κ2) is 12.4. The van der Waals surface area contributed by atoms with Crippen LogP contribution in [-0.2, 0) is 11.3 Å². The summed E-state index contributed by atoms with van der Waals surface area (Å²) in [5, 5.41) is 16.1. The molecule has 0 aliphatic carbocycles. The van der Waals surface area contributed by atoms with Crippen molar-refractivity contribution >= 4 is 64.1 Å². The van der Waals surface area contributed by atoms with E-state index >= 15 is 0 Å². The SMILES string of the molecule is C=CCn1c(SCC(=O)Nc2ccc(Cl)cc2Cl)nnc1[C@H](NC(=O)c1ccccc1Cl)C(C)C. The first-order valence-corrected chi connectivity index (χ1v) is 12.8. The summed E-state index contributed by atoms with van der Waals surface area (Å²) in [5.74, 6) is 0.0654. The van der Waals surface area contributed by atoms with Crippen LogP contribution in [0.3, 0.4) is 0 Å². The number of nitrogens with zero attached hydrogens (tertiary/aromatic N) is 3. The molecule has 0 fully saturated rings. The molecule has 0 unspecified atom stereocenters. The summed E-state index contributed by atoms with van der Waals surface area (Å²) in [7, 11) is 0. The van der Waals surface area contributed by atoms with Gasteiger partial charge in [-0.15, -0.1) is 16.8 Å². The Hall–Kier alpha value is -2.52. The third kappa shape index (κ3) is 7.01. The summed E-state index contributed by atoms with van der Waals surface area (Å²) in [5.41, 5.74) is 0.846. The molecule has 2 amide bonds. The van der Waals surface area contributed by atoms with E-state index in [1.54, 1.807) is 48.5 Å². The van der Waals surface area contributed by atoms with Crippen LogP contribution in [0.25, 0.3) is 0 Å². The third-order valence-electron chi connectivity index (χ3n) is 4.94. The number of thioether (sulfide) groups is 1. The minimum Gasteiger partial charge on any atom is -0.342 e. The Balaban J connectivity index is 1.76. The van der Waals surface area contributed by atoms with Crippen molar-refractivity contribution in [1.82, 2.24) is 20.1 Å².